The topological polar surface area (TPSA) is 91.3 Å². The molecule has 8 nitrogen and oxygen atoms in total. The molecule has 0 aliphatic heterocycles. The third-order valence-electron chi connectivity index (χ3n) is 5.87. The number of aromatic amines is 2. The predicted molar refractivity (Wildman–Crippen MR) is 131 cm³/mol. The first kappa shape index (κ1) is 19.2. The van der Waals surface area contributed by atoms with E-state index in [0.717, 1.165) is 61.5 Å². The van der Waals surface area contributed by atoms with Crippen molar-refractivity contribution in [1.29, 1.82) is 0 Å². The molecular formula is C25H22N8. The molecule has 0 aliphatic carbocycles. The molecule has 162 valence electrons. The van der Waals surface area contributed by atoms with Gasteiger partial charge in [0.1, 0.15) is 17.8 Å². The van der Waals surface area contributed by atoms with Crippen molar-refractivity contribution in [2.75, 3.05) is 19.0 Å². The van der Waals surface area contributed by atoms with E-state index in [1.165, 1.54) is 0 Å². The van der Waals surface area contributed by atoms with E-state index in [1.807, 2.05) is 50.2 Å². The van der Waals surface area contributed by atoms with Crippen molar-refractivity contribution in [2.24, 2.45) is 0 Å². The van der Waals surface area contributed by atoms with Crippen LogP contribution in [0.4, 0.5) is 5.69 Å². The zero-order valence-corrected chi connectivity index (χ0v) is 18.5. The predicted octanol–water partition coefficient (Wildman–Crippen LogP) is 4.73. The van der Waals surface area contributed by atoms with E-state index in [0.29, 0.717) is 0 Å². The molecule has 1 aromatic carbocycles. The first-order valence-corrected chi connectivity index (χ1v) is 10.7. The second-order valence-electron chi connectivity index (χ2n) is 8.36. The Bertz CT molecular complexity index is 1620. The molecule has 6 rings (SSSR count). The van der Waals surface area contributed by atoms with Crippen LogP contribution >= 0.6 is 0 Å². The highest BCUT2D eigenvalue weighted by atomic mass is 15.1. The molecular weight excluding hydrogens is 412 g/mol. The maximum Gasteiger partial charge on any atom is 0.147 e. The van der Waals surface area contributed by atoms with Crippen molar-refractivity contribution in [2.45, 2.75) is 6.92 Å². The van der Waals surface area contributed by atoms with Crippen molar-refractivity contribution in [3.05, 3.63) is 73.2 Å². The zero-order chi connectivity index (χ0) is 22.5. The summed E-state index contributed by atoms with van der Waals surface area (Å²) in [6.07, 6.45) is 9.32. The summed E-state index contributed by atoms with van der Waals surface area (Å²) in [7, 11) is 4.03. The van der Waals surface area contributed by atoms with E-state index in [2.05, 4.69) is 65.4 Å². The highest BCUT2D eigenvalue weighted by molar-refractivity contribution is 5.99. The van der Waals surface area contributed by atoms with Gasteiger partial charge in [-0.2, -0.15) is 5.10 Å². The minimum atomic E-state index is 0.836. The number of H-pyrrole nitrogens is 2. The van der Waals surface area contributed by atoms with Crippen molar-refractivity contribution in [3.8, 4) is 28.3 Å². The number of aryl methyl sites for hydroxylation is 1. The van der Waals surface area contributed by atoms with Gasteiger partial charge in [-0.05, 0) is 42.8 Å². The summed E-state index contributed by atoms with van der Waals surface area (Å²) >= 11 is 0. The molecule has 0 atom stereocenters. The Labute approximate surface area is 190 Å². The van der Waals surface area contributed by atoms with E-state index in [1.54, 1.807) is 12.5 Å². The van der Waals surface area contributed by atoms with Gasteiger partial charge in [-0.25, -0.2) is 9.97 Å². The van der Waals surface area contributed by atoms with Crippen LogP contribution in [0, 0.1) is 6.92 Å². The fraction of sp³-hybridized carbons (Fsp3) is 0.120. The summed E-state index contributed by atoms with van der Waals surface area (Å²) in [4.78, 5) is 18.9. The van der Waals surface area contributed by atoms with Gasteiger partial charge in [0.05, 0.1) is 34.3 Å². The molecule has 6 aromatic rings. The van der Waals surface area contributed by atoms with Gasteiger partial charge in [0.15, 0.2) is 0 Å². The first-order valence-electron chi connectivity index (χ1n) is 10.7. The Morgan fingerprint density at radius 1 is 0.909 bits per heavy atom. The van der Waals surface area contributed by atoms with Gasteiger partial charge in [0.2, 0.25) is 0 Å². The molecule has 0 aliphatic rings. The summed E-state index contributed by atoms with van der Waals surface area (Å²) in [6, 6.07) is 12.5. The average Bonchev–Trinajstić information content (AvgIpc) is 3.55. The second kappa shape index (κ2) is 7.30. The van der Waals surface area contributed by atoms with Crippen molar-refractivity contribution in [3.63, 3.8) is 0 Å². The van der Waals surface area contributed by atoms with Crippen LogP contribution in [-0.4, -0.2) is 48.8 Å². The standard InChI is InChI=1S/C25H22N8/c1-15-13-33(14-28-15)25-20-10-23(29-21(20)6-7-27-25)24-19-9-16(4-5-22(19)30-31-24)17-8-18(32(2)3)12-26-11-17/h4-14,29H,1-3H3,(H,30,31). The number of anilines is 1. The lowest BCUT2D eigenvalue weighted by Gasteiger charge is -2.13. The lowest BCUT2D eigenvalue weighted by atomic mass is 10.0. The highest BCUT2D eigenvalue weighted by Gasteiger charge is 2.15. The molecule has 0 radical (unpaired) electrons. The molecule has 0 bridgehead atoms. The third kappa shape index (κ3) is 3.23. The number of rotatable bonds is 4. The van der Waals surface area contributed by atoms with E-state index >= 15 is 0 Å². The molecule has 0 saturated heterocycles. The van der Waals surface area contributed by atoms with Crippen molar-refractivity contribution in [1.82, 2.24) is 34.7 Å². The SMILES string of the molecule is Cc1cn(-c2nccc3[nH]c(-c4n[nH]c5ccc(-c6cncc(N(C)C)c6)cc45)cc23)cn1. The summed E-state index contributed by atoms with van der Waals surface area (Å²) < 4.78 is 1.95. The van der Waals surface area contributed by atoms with Gasteiger partial charge in [-0.3, -0.25) is 14.6 Å². The number of imidazole rings is 1. The molecule has 8 heteroatoms. The van der Waals surface area contributed by atoms with E-state index in [4.69, 9.17) is 0 Å². The van der Waals surface area contributed by atoms with Gasteiger partial charge >= 0.3 is 0 Å². The Morgan fingerprint density at radius 3 is 2.64 bits per heavy atom. The largest absolute Gasteiger partial charge is 0.376 e. The van der Waals surface area contributed by atoms with Crippen molar-refractivity contribution >= 4 is 27.5 Å². The fourth-order valence-corrected chi connectivity index (χ4v) is 4.14. The minimum absolute atomic E-state index is 0.836. The van der Waals surface area contributed by atoms with E-state index < -0.39 is 0 Å². The molecule has 5 heterocycles. The molecule has 0 saturated carbocycles. The Morgan fingerprint density at radius 2 is 1.82 bits per heavy atom. The first-order chi connectivity index (χ1) is 16.1. The number of nitrogens with zero attached hydrogens (tertiary/aromatic N) is 6. The number of pyridine rings is 2. The highest BCUT2D eigenvalue weighted by Crippen LogP contribution is 2.33. The maximum atomic E-state index is 4.63. The maximum absolute atomic E-state index is 4.63. The molecule has 5 aromatic heterocycles. The number of aromatic nitrogens is 7. The smallest absolute Gasteiger partial charge is 0.147 e. The number of nitrogens with one attached hydrogen (secondary N) is 2. The van der Waals surface area contributed by atoms with Crippen LogP contribution in [0.1, 0.15) is 5.69 Å². The lowest BCUT2D eigenvalue weighted by Crippen LogP contribution is -2.08. The van der Waals surface area contributed by atoms with Crippen LogP contribution in [0.15, 0.2) is 67.5 Å². The zero-order valence-electron chi connectivity index (χ0n) is 18.5. The van der Waals surface area contributed by atoms with Gasteiger partial charge < -0.3 is 9.88 Å². The molecule has 0 unspecified atom stereocenters. The van der Waals surface area contributed by atoms with Crippen LogP contribution in [0.3, 0.4) is 0 Å². The normalized spacial score (nSPS) is 11.5. The van der Waals surface area contributed by atoms with Crippen LogP contribution in [0.25, 0.3) is 50.1 Å². The van der Waals surface area contributed by atoms with Gasteiger partial charge in [0, 0.05) is 49.0 Å². The summed E-state index contributed by atoms with van der Waals surface area (Å²) in [5.74, 6) is 0.836. The Balaban J connectivity index is 1.48. The van der Waals surface area contributed by atoms with Crippen molar-refractivity contribution < 1.29 is 0 Å². The third-order valence-corrected chi connectivity index (χ3v) is 5.87. The lowest BCUT2D eigenvalue weighted by molar-refractivity contribution is 1.01. The quantitative estimate of drug-likeness (QED) is 0.419. The summed E-state index contributed by atoms with van der Waals surface area (Å²) in [5, 5.41) is 9.85. The van der Waals surface area contributed by atoms with Gasteiger partial charge in [0.25, 0.3) is 0 Å². The Hall–Kier alpha value is -4.46. The minimum Gasteiger partial charge on any atom is -0.376 e. The van der Waals surface area contributed by atoms with Crippen LogP contribution in [0.2, 0.25) is 0 Å². The molecule has 0 amide bonds. The monoisotopic (exact) mass is 434 g/mol. The molecule has 33 heavy (non-hydrogen) atoms. The number of hydrogen-bond donors (Lipinski definition) is 2. The fourth-order valence-electron chi connectivity index (χ4n) is 4.14. The average molecular weight is 435 g/mol. The number of hydrogen-bond acceptors (Lipinski definition) is 5. The molecule has 2 N–H and O–H groups in total. The van der Waals surface area contributed by atoms with Gasteiger partial charge in [-0.1, -0.05) is 6.07 Å². The Kier molecular flexibility index (Phi) is 4.26. The van der Waals surface area contributed by atoms with Gasteiger partial charge in [-0.15, -0.1) is 0 Å². The van der Waals surface area contributed by atoms with Crippen LogP contribution in [-0.2, 0) is 0 Å². The van der Waals surface area contributed by atoms with E-state index in [-0.39, 0.29) is 0 Å². The van der Waals surface area contributed by atoms with E-state index in [9.17, 15) is 0 Å². The number of fused-ring (bicyclic) bond motifs is 2. The molecule has 0 fully saturated rings. The van der Waals surface area contributed by atoms with Crippen LogP contribution < -0.4 is 4.90 Å². The second-order valence-corrected chi connectivity index (χ2v) is 8.36. The molecule has 0 spiro atoms. The van der Waals surface area contributed by atoms with Crippen LogP contribution in [0.5, 0.6) is 0 Å². The summed E-state index contributed by atoms with van der Waals surface area (Å²) in [5.41, 5.74) is 7.94. The number of benzene rings is 1. The summed E-state index contributed by atoms with van der Waals surface area (Å²) in [6.45, 7) is 1.97.